The fourth-order valence-corrected chi connectivity index (χ4v) is 5.62. The Bertz CT molecular complexity index is 1240. The summed E-state index contributed by atoms with van der Waals surface area (Å²) in [5, 5.41) is 3.51. The number of sulfonamides is 1. The molecule has 1 heterocycles. The number of amides is 2. The number of nitrogens with one attached hydrogen (secondary N) is 1. The van der Waals surface area contributed by atoms with Gasteiger partial charge in [-0.2, -0.15) is 0 Å². The van der Waals surface area contributed by atoms with Gasteiger partial charge in [-0.3, -0.25) is 13.9 Å². The number of hydrogen-bond acceptors (Lipinski definition) is 6. The van der Waals surface area contributed by atoms with E-state index in [0.717, 1.165) is 10.7 Å². The molecule has 0 saturated heterocycles. The SMILES string of the molecule is CCCNC(=O)[C@H](CC)N(Cc1c(Cl)cccc1Cl)C(=O)CN(c1ccc2c(c1)OCCO2)S(=O)(=O)CC. The summed E-state index contributed by atoms with van der Waals surface area (Å²) < 4.78 is 38.5. The molecule has 38 heavy (non-hydrogen) atoms. The van der Waals surface area contributed by atoms with E-state index in [1.807, 2.05) is 6.92 Å². The highest BCUT2D eigenvalue weighted by Gasteiger charge is 2.33. The molecule has 1 aliphatic heterocycles. The standard InChI is InChI=1S/C26H33Cl2N3O6S/c1-4-12-29-26(33)22(5-2)30(16-19-20(27)8-7-9-21(19)28)25(32)17-31(38(34,35)6-3)18-10-11-23-24(15-18)37-14-13-36-23/h7-11,15,22H,4-6,12-14,16-17H2,1-3H3,(H,29,33)/t22-/m0/s1. The molecular weight excluding hydrogens is 553 g/mol. The molecule has 1 aliphatic rings. The summed E-state index contributed by atoms with van der Waals surface area (Å²) in [5.74, 6) is -0.267. The summed E-state index contributed by atoms with van der Waals surface area (Å²) in [7, 11) is -3.89. The third-order valence-electron chi connectivity index (χ3n) is 6.12. The van der Waals surface area contributed by atoms with Gasteiger partial charge >= 0.3 is 0 Å². The molecule has 0 spiro atoms. The van der Waals surface area contributed by atoms with Crippen molar-refractivity contribution >= 4 is 50.7 Å². The predicted molar refractivity (Wildman–Crippen MR) is 149 cm³/mol. The van der Waals surface area contributed by atoms with Crippen molar-refractivity contribution < 1.29 is 27.5 Å². The van der Waals surface area contributed by atoms with E-state index in [1.54, 1.807) is 37.3 Å². The number of nitrogens with zero attached hydrogens (tertiary/aromatic N) is 2. The van der Waals surface area contributed by atoms with Crippen LogP contribution in [0.15, 0.2) is 36.4 Å². The van der Waals surface area contributed by atoms with E-state index in [-0.39, 0.29) is 23.9 Å². The van der Waals surface area contributed by atoms with Crippen LogP contribution in [0.3, 0.4) is 0 Å². The third-order valence-corrected chi connectivity index (χ3v) is 8.57. The van der Waals surface area contributed by atoms with Crippen LogP contribution in [0.1, 0.15) is 39.2 Å². The molecule has 1 N–H and O–H groups in total. The zero-order valence-corrected chi connectivity index (χ0v) is 24.0. The Morgan fingerprint density at radius 3 is 2.29 bits per heavy atom. The number of hydrogen-bond donors (Lipinski definition) is 1. The summed E-state index contributed by atoms with van der Waals surface area (Å²) in [6, 6.07) is 8.82. The lowest BCUT2D eigenvalue weighted by atomic mass is 10.1. The van der Waals surface area contributed by atoms with Gasteiger partial charge in [0.1, 0.15) is 25.8 Å². The summed E-state index contributed by atoms with van der Waals surface area (Å²) in [4.78, 5) is 28.3. The van der Waals surface area contributed by atoms with Crippen LogP contribution in [0.25, 0.3) is 0 Å². The maximum Gasteiger partial charge on any atom is 0.244 e. The first kappa shape index (κ1) is 29.9. The van der Waals surface area contributed by atoms with Crippen LogP contribution < -0.4 is 19.1 Å². The first-order valence-electron chi connectivity index (χ1n) is 12.5. The Balaban J connectivity index is 2.01. The normalized spacial score (nSPS) is 13.5. The van der Waals surface area contributed by atoms with E-state index in [4.69, 9.17) is 32.7 Å². The molecule has 0 bridgehead atoms. The lowest BCUT2D eigenvalue weighted by Crippen LogP contribution is -2.52. The molecule has 12 heteroatoms. The average molecular weight is 587 g/mol. The fourth-order valence-electron chi connectivity index (χ4n) is 4.05. The monoisotopic (exact) mass is 585 g/mol. The minimum atomic E-state index is -3.89. The van der Waals surface area contributed by atoms with Crippen molar-refractivity contribution in [1.82, 2.24) is 10.2 Å². The molecule has 0 unspecified atom stereocenters. The zero-order chi connectivity index (χ0) is 27.9. The largest absolute Gasteiger partial charge is 0.486 e. The summed E-state index contributed by atoms with van der Waals surface area (Å²) in [6.07, 6.45) is 1.02. The van der Waals surface area contributed by atoms with Crippen LogP contribution >= 0.6 is 23.2 Å². The van der Waals surface area contributed by atoms with E-state index in [0.29, 0.717) is 53.3 Å². The lowest BCUT2D eigenvalue weighted by Gasteiger charge is -2.33. The first-order chi connectivity index (χ1) is 18.1. The number of ether oxygens (including phenoxy) is 2. The fraction of sp³-hybridized carbons (Fsp3) is 0.462. The number of rotatable bonds is 12. The van der Waals surface area contributed by atoms with Gasteiger partial charge in [0.05, 0.1) is 11.4 Å². The molecule has 0 aliphatic carbocycles. The number of carbonyl (C=O) groups excluding carboxylic acids is 2. The number of fused-ring (bicyclic) bond motifs is 1. The van der Waals surface area contributed by atoms with E-state index in [1.165, 1.54) is 17.9 Å². The number of halogens is 2. The molecule has 3 rings (SSSR count). The van der Waals surface area contributed by atoms with E-state index in [9.17, 15) is 18.0 Å². The van der Waals surface area contributed by atoms with Crippen LogP contribution in [0.4, 0.5) is 5.69 Å². The van der Waals surface area contributed by atoms with Crippen molar-refractivity contribution in [1.29, 1.82) is 0 Å². The van der Waals surface area contributed by atoms with Crippen molar-refractivity contribution in [3.05, 3.63) is 52.0 Å². The number of anilines is 1. The van der Waals surface area contributed by atoms with Gasteiger partial charge in [-0.15, -0.1) is 0 Å². The predicted octanol–water partition coefficient (Wildman–Crippen LogP) is 4.25. The summed E-state index contributed by atoms with van der Waals surface area (Å²) in [6.45, 7) is 5.76. The molecule has 208 valence electrons. The van der Waals surface area contributed by atoms with Crippen molar-refractivity contribution in [2.24, 2.45) is 0 Å². The Morgan fingerprint density at radius 2 is 1.68 bits per heavy atom. The van der Waals surface area contributed by atoms with Crippen LogP contribution in [-0.2, 0) is 26.2 Å². The topological polar surface area (TPSA) is 105 Å². The molecular formula is C26H33Cl2N3O6S. The molecule has 2 aromatic carbocycles. The molecule has 2 amide bonds. The quantitative estimate of drug-likeness (QED) is 0.399. The van der Waals surface area contributed by atoms with Gasteiger partial charge in [0.25, 0.3) is 0 Å². The molecule has 0 fully saturated rings. The highest BCUT2D eigenvalue weighted by molar-refractivity contribution is 7.92. The van der Waals surface area contributed by atoms with E-state index >= 15 is 0 Å². The number of benzene rings is 2. The second-order valence-electron chi connectivity index (χ2n) is 8.67. The molecule has 2 aromatic rings. The van der Waals surface area contributed by atoms with Gasteiger partial charge in [-0.1, -0.05) is 43.1 Å². The summed E-state index contributed by atoms with van der Waals surface area (Å²) >= 11 is 12.8. The lowest BCUT2D eigenvalue weighted by molar-refractivity contribution is -0.140. The zero-order valence-electron chi connectivity index (χ0n) is 21.7. The Kier molecular flexibility index (Phi) is 10.5. The van der Waals surface area contributed by atoms with Crippen LogP contribution in [0.5, 0.6) is 11.5 Å². The first-order valence-corrected chi connectivity index (χ1v) is 14.9. The average Bonchev–Trinajstić information content (AvgIpc) is 2.91. The molecule has 1 atom stereocenters. The van der Waals surface area contributed by atoms with E-state index in [2.05, 4.69) is 5.32 Å². The highest BCUT2D eigenvalue weighted by Crippen LogP contribution is 2.35. The highest BCUT2D eigenvalue weighted by atomic mass is 35.5. The molecule has 9 nitrogen and oxygen atoms in total. The molecule has 0 aromatic heterocycles. The van der Waals surface area contributed by atoms with Gasteiger partial charge in [0, 0.05) is 34.8 Å². The van der Waals surface area contributed by atoms with Gasteiger partial charge < -0.3 is 19.7 Å². The van der Waals surface area contributed by atoms with Crippen LogP contribution in [-0.4, -0.2) is 63.2 Å². The maximum atomic E-state index is 13.9. The Hall–Kier alpha value is -2.69. The van der Waals surface area contributed by atoms with Gasteiger partial charge in [-0.25, -0.2) is 8.42 Å². The van der Waals surface area contributed by atoms with Crippen LogP contribution in [0, 0.1) is 0 Å². The third kappa shape index (κ3) is 7.03. The molecule has 0 radical (unpaired) electrons. The molecule has 0 saturated carbocycles. The summed E-state index contributed by atoms with van der Waals surface area (Å²) in [5.41, 5.74) is 0.721. The number of carbonyl (C=O) groups is 2. The minimum Gasteiger partial charge on any atom is -0.486 e. The maximum absolute atomic E-state index is 13.9. The second kappa shape index (κ2) is 13.4. The second-order valence-corrected chi connectivity index (χ2v) is 11.7. The Labute approximate surface area is 234 Å². The smallest absolute Gasteiger partial charge is 0.244 e. The van der Waals surface area contributed by atoms with Crippen molar-refractivity contribution in [2.75, 3.05) is 36.4 Å². The van der Waals surface area contributed by atoms with Crippen LogP contribution in [0.2, 0.25) is 10.0 Å². The van der Waals surface area contributed by atoms with E-state index < -0.39 is 28.5 Å². The van der Waals surface area contributed by atoms with Crippen molar-refractivity contribution in [2.45, 2.75) is 46.2 Å². The van der Waals surface area contributed by atoms with Crippen molar-refractivity contribution in [3.8, 4) is 11.5 Å². The van der Waals surface area contributed by atoms with Gasteiger partial charge in [0.15, 0.2) is 11.5 Å². The Morgan fingerprint density at radius 1 is 1.03 bits per heavy atom. The van der Waals surface area contributed by atoms with Gasteiger partial charge in [0.2, 0.25) is 21.8 Å². The minimum absolute atomic E-state index is 0.0729. The van der Waals surface area contributed by atoms with Gasteiger partial charge in [-0.05, 0) is 44.0 Å². The van der Waals surface area contributed by atoms with Crippen molar-refractivity contribution in [3.63, 3.8) is 0 Å².